The fraction of sp³-hybridized carbons (Fsp3) is 1.00. The minimum Gasteiger partial charge on any atom is -0.402 e. The lowest BCUT2D eigenvalue weighted by Gasteiger charge is -2.26. The first kappa shape index (κ1) is 9.94. The van der Waals surface area contributed by atoms with Crippen LogP contribution in [0.1, 0.15) is 33.6 Å². The quantitative estimate of drug-likeness (QED) is 0.569. The molecule has 0 atom stereocenters. The van der Waals surface area contributed by atoms with Gasteiger partial charge in [0.1, 0.15) is 0 Å². The molecule has 0 amide bonds. The molecule has 2 N–H and O–H groups in total. The summed E-state index contributed by atoms with van der Waals surface area (Å²) in [5.74, 6) is 0. The molecule has 0 radical (unpaired) electrons. The van der Waals surface area contributed by atoms with Gasteiger partial charge in [0.2, 0.25) is 0 Å². The molecule has 0 aliphatic heterocycles. The van der Waals surface area contributed by atoms with E-state index in [4.69, 9.17) is 14.7 Å². The summed E-state index contributed by atoms with van der Waals surface area (Å²) < 4.78 is 4.85. The molecule has 10 heavy (non-hydrogen) atoms. The Hall–Kier alpha value is -0.0551. The minimum atomic E-state index is -1.65. The van der Waals surface area contributed by atoms with Crippen LogP contribution < -0.4 is 0 Å². The zero-order valence-corrected chi connectivity index (χ0v) is 6.79. The van der Waals surface area contributed by atoms with Crippen molar-refractivity contribution in [3.63, 3.8) is 0 Å². The molecule has 0 aromatic rings. The Kier molecular flexibility index (Phi) is 3.94. The van der Waals surface area contributed by atoms with Crippen LogP contribution in [0.3, 0.4) is 0 Å². The lowest BCUT2D eigenvalue weighted by atomic mass is 9.98. The van der Waals surface area contributed by atoms with Crippen LogP contribution in [-0.2, 0) is 4.65 Å². The Morgan fingerprint density at radius 2 is 1.70 bits per heavy atom. The Balaban J connectivity index is 3.80. The van der Waals surface area contributed by atoms with E-state index in [-0.39, 0.29) is 0 Å². The highest BCUT2D eigenvalue weighted by molar-refractivity contribution is 6.32. The van der Waals surface area contributed by atoms with Gasteiger partial charge in [-0.2, -0.15) is 0 Å². The van der Waals surface area contributed by atoms with E-state index in [1.165, 1.54) is 0 Å². The van der Waals surface area contributed by atoms with Crippen molar-refractivity contribution in [3.05, 3.63) is 0 Å². The molecule has 0 unspecified atom stereocenters. The molecular weight excluding hydrogens is 131 g/mol. The van der Waals surface area contributed by atoms with Crippen molar-refractivity contribution in [2.75, 3.05) is 0 Å². The van der Waals surface area contributed by atoms with Crippen LogP contribution >= 0.6 is 0 Å². The van der Waals surface area contributed by atoms with Crippen molar-refractivity contribution in [1.29, 1.82) is 0 Å². The van der Waals surface area contributed by atoms with E-state index in [9.17, 15) is 0 Å². The summed E-state index contributed by atoms with van der Waals surface area (Å²) in [6, 6.07) is 0. The van der Waals surface area contributed by atoms with Gasteiger partial charge in [0.05, 0.1) is 5.60 Å². The third-order valence-electron chi connectivity index (χ3n) is 1.89. The lowest BCUT2D eigenvalue weighted by molar-refractivity contribution is 0.0279. The van der Waals surface area contributed by atoms with Crippen molar-refractivity contribution < 1.29 is 14.7 Å². The second kappa shape index (κ2) is 3.96. The van der Waals surface area contributed by atoms with Crippen molar-refractivity contribution in [1.82, 2.24) is 0 Å². The standard InChI is InChI=1S/C6H15BO3/c1-4-6(3,5-2)10-7(8)9/h8-9H,4-5H2,1-3H3. The summed E-state index contributed by atoms with van der Waals surface area (Å²) in [5.41, 5.74) is -0.395. The monoisotopic (exact) mass is 146 g/mol. The van der Waals surface area contributed by atoms with Gasteiger partial charge in [0, 0.05) is 0 Å². The maximum Gasteiger partial charge on any atom is 0.634 e. The highest BCUT2D eigenvalue weighted by atomic mass is 16.6. The molecule has 0 rings (SSSR count). The van der Waals surface area contributed by atoms with Crippen molar-refractivity contribution in [2.45, 2.75) is 39.2 Å². The van der Waals surface area contributed by atoms with E-state index in [2.05, 4.69) is 0 Å². The molecule has 0 aromatic carbocycles. The SMILES string of the molecule is CCC(C)(CC)OB(O)O. The molecule has 0 heterocycles. The molecule has 0 aliphatic carbocycles. The van der Waals surface area contributed by atoms with Gasteiger partial charge in [0.25, 0.3) is 0 Å². The third-order valence-corrected chi connectivity index (χ3v) is 1.89. The van der Waals surface area contributed by atoms with Crippen LogP contribution in [0, 0.1) is 0 Å². The van der Waals surface area contributed by atoms with Gasteiger partial charge in [-0.1, -0.05) is 13.8 Å². The zero-order chi connectivity index (χ0) is 8.20. The molecule has 0 spiro atoms. The maximum absolute atomic E-state index is 8.48. The largest absolute Gasteiger partial charge is 0.634 e. The Morgan fingerprint density at radius 1 is 1.30 bits per heavy atom. The van der Waals surface area contributed by atoms with Crippen molar-refractivity contribution >= 4 is 7.32 Å². The number of rotatable bonds is 4. The van der Waals surface area contributed by atoms with Gasteiger partial charge in [-0.15, -0.1) is 0 Å². The van der Waals surface area contributed by atoms with E-state index in [0.717, 1.165) is 12.8 Å². The number of hydrogen-bond donors (Lipinski definition) is 2. The van der Waals surface area contributed by atoms with Crippen LogP contribution in [0.4, 0.5) is 0 Å². The molecule has 4 heteroatoms. The minimum absolute atomic E-state index is 0.395. The molecule has 0 aliphatic rings. The van der Waals surface area contributed by atoms with E-state index < -0.39 is 12.9 Å². The topological polar surface area (TPSA) is 49.7 Å². The predicted octanol–water partition coefficient (Wildman–Crippen LogP) is 0.551. The lowest BCUT2D eigenvalue weighted by Crippen LogP contribution is -2.35. The number of hydrogen-bond acceptors (Lipinski definition) is 3. The molecule has 0 fully saturated rings. The molecule has 3 nitrogen and oxygen atoms in total. The molecule has 60 valence electrons. The van der Waals surface area contributed by atoms with Gasteiger partial charge < -0.3 is 14.7 Å². The Bertz CT molecular complexity index is 91.0. The van der Waals surface area contributed by atoms with E-state index in [1.807, 2.05) is 20.8 Å². The van der Waals surface area contributed by atoms with E-state index in [0.29, 0.717) is 0 Å². The van der Waals surface area contributed by atoms with Crippen molar-refractivity contribution in [3.8, 4) is 0 Å². The second-order valence-electron chi connectivity index (χ2n) is 2.60. The van der Waals surface area contributed by atoms with E-state index >= 15 is 0 Å². The van der Waals surface area contributed by atoms with Crippen LogP contribution in [0.15, 0.2) is 0 Å². The first-order valence-corrected chi connectivity index (χ1v) is 3.58. The van der Waals surface area contributed by atoms with Gasteiger partial charge in [0.15, 0.2) is 0 Å². The zero-order valence-electron chi connectivity index (χ0n) is 6.79. The molecular formula is C6H15BO3. The van der Waals surface area contributed by atoms with E-state index in [1.54, 1.807) is 0 Å². The highest BCUT2D eigenvalue weighted by Crippen LogP contribution is 2.18. The molecule has 0 saturated carbocycles. The van der Waals surface area contributed by atoms with Gasteiger partial charge in [-0.05, 0) is 19.8 Å². The van der Waals surface area contributed by atoms with Gasteiger partial charge >= 0.3 is 7.32 Å². The summed E-state index contributed by atoms with van der Waals surface area (Å²) in [6.45, 7) is 5.75. The van der Waals surface area contributed by atoms with Crippen molar-refractivity contribution in [2.24, 2.45) is 0 Å². The second-order valence-corrected chi connectivity index (χ2v) is 2.60. The molecule has 0 saturated heterocycles. The summed E-state index contributed by atoms with van der Waals surface area (Å²) in [5, 5.41) is 17.0. The summed E-state index contributed by atoms with van der Waals surface area (Å²) in [6.07, 6.45) is 1.56. The highest BCUT2D eigenvalue weighted by Gasteiger charge is 2.26. The smallest absolute Gasteiger partial charge is 0.402 e. The summed E-state index contributed by atoms with van der Waals surface area (Å²) in [4.78, 5) is 0. The van der Waals surface area contributed by atoms with Gasteiger partial charge in [-0.3, -0.25) is 0 Å². The van der Waals surface area contributed by atoms with Gasteiger partial charge in [-0.25, -0.2) is 0 Å². The normalized spacial score (nSPS) is 11.7. The predicted molar refractivity (Wildman–Crippen MR) is 40.3 cm³/mol. The van der Waals surface area contributed by atoms with Crippen LogP contribution in [0.25, 0.3) is 0 Å². The van der Waals surface area contributed by atoms with Crippen LogP contribution in [0.5, 0.6) is 0 Å². The average molecular weight is 146 g/mol. The van der Waals surface area contributed by atoms with Crippen LogP contribution in [-0.4, -0.2) is 23.0 Å². The fourth-order valence-electron chi connectivity index (χ4n) is 0.671. The summed E-state index contributed by atoms with van der Waals surface area (Å²) in [7, 11) is -1.65. The molecule has 0 aromatic heterocycles. The first-order chi connectivity index (χ1) is 4.54. The Labute approximate surface area is 62.2 Å². The Morgan fingerprint density at radius 3 is 1.80 bits per heavy atom. The molecule has 0 bridgehead atoms. The van der Waals surface area contributed by atoms with Crippen LogP contribution in [0.2, 0.25) is 0 Å². The fourth-order valence-corrected chi connectivity index (χ4v) is 0.671. The summed E-state index contributed by atoms with van der Waals surface area (Å²) >= 11 is 0. The third kappa shape index (κ3) is 3.20. The maximum atomic E-state index is 8.48. The average Bonchev–Trinajstić information content (AvgIpc) is 1.87. The first-order valence-electron chi connectivity index (χ1n) is 3.58.